The van der Waals surface area contributed by atoms with Crippen LogP contribution in [0.25, 0.3) is 0 Å². The van der Waals surface area contributed by atoms with Crippen molar-refractivity contribution in [2.24, 2.45) is 0 Å². The van der Waals surface area contributed by atoms with Gasteiger partial charge in [-0.25, -0.2) is 0 Å². The first-order valence-electron chi connectivity index (χ1n) is 8.88. The maximum Gasteiger partial charge on any atom is 0.175 e. The highest BCUT2D eigenvalue weighted by Crippen LogP contribution is 2.25. The maximum absolute atomic E-state index is 6.31. The Hall–Kier alpha value is -2.08. The van der Waals surface area contributed by atoms with Crippen molar-refractivity contribution in [1.29, 1.82) is 0 Å². The van der Waals surface area contributed by atoms with Crippen LogP contribution in [0.3, 0.4) is 0 Å². The van der Waals surface area contributed by atoms with E-state index < -0.39 is 0 Å². The fraction of sp³-hybridized carbons (Fsp3) is 0.238. The van der Waals surface area contributed by atoms with Gasteiger partial charge in [0.1, 0.15) is 0 Å². The van der Waals surface area contributed by atoms with Gasteiger partial charge in [0.05, 0.1) is 23.6 Å². The van der Waals surface area contributed by atoms with E-state index in [1.165, 1.54) is 5.56 Å². The number of nitrogens with one attached hydrogen (secondary N) is 2. The number of hydrogen-bond donors (Lipinski definition) is 2. The second-order valence-corrected chi connectivity index (χ2v) is 8.09. The summed E-state index contributed by atoms with van der Waals surface area (Å²) in [4.78, 5) is 0. The van der Waals surface area contributed by atoms with E-state index in [4.69, 9.17) is 35.4 Å². The summed E-state index contributed by atoms with van der Waals surface area (Å²) in [7, 11) is 0. The van der Waals surface area contributed by atoms with Gasteiger partial charge in [-0.3, -0.25) is 4.68 Å². The van der Waals surface area contributed by atoms with Crippen LogP contribution in [0.15, 0.2) is 36.4 Å². The highest BCUT2D eigenvalue weighted by Gasteiger charge is 2.14. The Labute approximate surface area is 180 Å². The van der Waals surface area contributed by atoms with Crippen molar-refractivity contribution in [3.05, 3.63) is 74.5 Å². The lowest BCUT2D eigenvalue weighted by Gasteiger charge is -2.14. The molecule has 0 atom stereocenters. The third-order valence-corrected chi connectivity index (χ3v) is 5.39. The number of thiocarbonyl (C=S) groups is 1. The smallest absolute Gasteiger partial charge is 0.175 e. The number of benzene rings is 2. The zero-order valence-electron chi connectivity index (χ0n) is 16.2. The number of nitrogens with zero attached hydrogens (tertiary/aromatic N) is 2. The normalized spacial score (nSPS) is 10.8. The van der Waals surface area contributed by atoms with Crippen LogP contribution >= 0.6 is 35.4 Å². The van der Waals surface area contributed by atoms with E-state index in [0.717, 1.165) is 33.9 Å². The van der Waals surface area contributed by atoms with Crippen LogP contribution in [-0.4, -0.2) is 14.9 Å². The second kappa shape index (κ2) is 8.52. The summed E-state index contributed by atoms with van der Waals surface area (Å²) in [6, 6.07) is 11.7. The molecule has 0 aliphatic heterocycles. The average Bonchev–Trinajstić information content (AvgIpc) is 2.88. The summed E-state index contributed by atoms with van der Waals surface area (Å²) in [5.41, 5.74) is 7.01. The van der Waals surface area contributed by atoms with E-state index in [9.17, 15) is 0 Å². The first kappa shape index (κ1) is 20.6. The lowest BCUT2D eigenvalue weighted by molar-refractivity contribution is 0.659. The van der Waals surface area contributed by atoms with Crippen molar-refractivity contribution in [2.45, 2.75) is 34.2 Å². The molecule has 1 heterocycles. The van der Waals surface area contributed by atoms with Crippen LogP contribution in [0.2, 0.25) is 10.0 Å². The van der Waals surface area contributed by atoms with Crippen molar-refractivity contribution < 1.29 is 0 Å². The Morgan fingerprint density at radius 2 is 1.79 bits per heavy atom. The van der Waals surface area contributed by atoms with Crippen LogP contribution < -0.4 is 10.6 Å². The monoisotopic (exact) mass is 432 g/mol. The van der Waals surface area contributed by atoms with E-state index >= 15 is 0 Å². The Kier molecular flexibility index (Phi) is 6.28. The maximum atomic E-state index is 6.31. The van der Waals surface area contributed by atoms with Crippen molar-refractivity contribution in [3.63, 3.8) is 0 Å². The van der Waals surface area contributed by atoms with Gasteiger partial charge in [0.25, 0.3) is 0 Å². The zero-order valence-corrected chi connectivity index (χ0v) is 18.6. The summed E-state index contributed by atoms with van der Waals surface area (Å²) in [6.07, 6.45) is 0. The van der Waals surface area contributed by atoms with Crippen molar-refractivity contribution in [2.75, 3.05) is 10.6 Å². The molecule has 0 radical (unpaired) electrons. The lowest BCUT2D eigenvalue weighted by atomic mass is 10.1. The van der Waals surface area contributed by atoms with Crippen LogP contribution in [0.5, 0.6) is 0 Å². The number of aromatic nitrogens is 2. The van der Waals surface area contributed by atoms with Crippen molar-refractivity contribution in [1.82, 2.24) is 9.78 Å². The topological polar surface area (TPSA) is 41.9 Å². The fourth-order valence-electron chi connectivity index (χ4n) is 2.98. The lowest BCUT2D eigenvalue weighted by Crippen LogP contribution is -2.20. The van der Waals surface area contributed by atoms with Gasteiger partial charge < -0.3 is 10.6 Å². The molecule has 3 aromatic rings. The molecule has 3 rings (SSSR count). The minimum Gasteiger partial charge on any atom is -0.332 e. The predicted octanol–water partition coefficient (Wildman–Crippen LogP) is 6.28. The van der Waals surface area contributed by atoms with Crippen LogP contribution in [0.1, 0.15) is 28.1 Å². The average molecular weight is 433 g/mol. The second-order valence-electron chi connectivity index (χ2n) is 6.84. The summed E-state index contributed by atoms with van der Waals surface area (Å²) >= 11 is 17.8. The summed E-state index contributed by atoms with van der Waals surface area (Å²) in [6.45, 7) is 8.63. The fourth-order valence-corrected chi connectivity index (χ4v) is 3.66. The summed E-state index contributed by atoms with van der Waals surface area (Å²) in [5.74, 6) is 0. The van der Waals surface area contributed by atoms with Gasteiger partial charge in [0.15, 0.2) is 5.11 Å². The van der Waals surface area contributed by atoms with Crippen LogP contribution in [0, 0.1) is 27.7 Å². The van der Waals surface area contributed by atoms with E-state index in [-0.39, 0.29) is 0 Å². The van der Waals surface area contributed by atoms with E-state index in [2.05, 4.69) is 47.8 Å². The van der Waals surface area contributed by atoms with Gasteiger partial charge >= 0.3 is 0 Å². The molecule has 2 N–H and O–H groups in total. The largest absolute Gasteiger partial charge is 0.332 e. The molecule has 0 aliphatic rings. The molecule has 0 saturated heterocycles. The molecule has 0 unspecified atom stereocenters. The Morgan fingerprint density at radius 3 is 2.50 bits per heavy atom. The molecular weight excluding hydrogens is 411 g/mol. The molecule has 0 saturated carbocycles. The highest BCUT2D eigenvalue weighted by molar-refractivity contribution is 7.80. The van der Waals surface area contributed by atoms with E-state index in [1.54, 1.807) is 6.07 Å². The first-order chi connectivity index (χ1) is 13.2. The molecule has 1 aromatic heterocycles. The quantitative estimate of drug-likeness (QED) is 0.475. The predicted molar refractivity (Wildman–Crippen MR) is 123 cm³/mol. The van der Waals surface area contributed by atoms with Gasteiger partial charge in [-0.15, -0.1) is 0 Å². The third-order valence-electron chi connectivity index (χ3n) is 4.60. The zero-order chi connectivity index (χ0) is 20.4. The van der Waals surface area contributed by atoms with Gasteiger partial charge in [-0.2, -0.15) is 5.10 Å². The Bertz CT molecular complexity index is 1040. The summed E-state index contributed by atoms with van der Waals surface area (Å²) in [5, 5.41) is 13.0. The van der Waals surface area contributed by atoms with E-state index in [1.807, 2.05) is 30.7 Å². The molecule has 28 heavy (non-hydrogen) atoms. The molecule has 2 aromatic carbocycles. The molecule has 7 heteroatoms. The molecule has 0 aliphatic carbocycles. The van der Waals surface area contributed by atoms with Crippen molar-refractivity contribution >= 4 is 51.9 Å². The molecule has 0 spiro atoms. The number of rotatable bonds is 4. The van der Waals surface area contributed by atoms with Crippen LogP contribution in [-0.2, 0) is 6.54 Å². The van der Waals surface area contributed by atoms with Crippen molar-refractivity contribution in [3.8, 4) is 0 Å². The standard InChI is InChI=1S/C21H22Cl2N4S/c1-12-5-6-13(2)19(9-12)24-21(28)25-20-14(3)26-27(15(20)4)11-16-7-8-17(22)10-18(16)23/h5-10H,11H2,1-4H3,(H2,24,25,28). The molecule has 0 amide bonds. The Balaban J connectivity index is 1.78. The van der Waals surface area contributed by atoms with E-state index in [0.29, 0.717) is 21.7 Å². The van der Waals surface area contributed by atoms with Gasteiger partial charge in [0, 0.05) is 15.7 Å². The minimum absolute atomic E-state index is 0.531. The minimum atomic E-state index is 0.531. The molecule has 0 bridgehead atoms. The molecule has 0 fully saturated rings. The van der Waals surface area contributed by atoms with Gasteiger partial charge in [-0.05, 0) is 74.8 Å². The number of hydrogen-bond acceptors (Lipinski definition) is 2. The van der Waals surface area contributed by atoms with Gasteiger partial charge in [0.2, 0.25) is 0 Å². The third kappa shape index (κ3) is 4.66. The molecule has 4 nitrogen and oxygen atoms in total. The first-order valence-corrected chi connectivity index (χ1v) is 10.0. The van der Waals surface area contributed by atoms with Crippen LogP contribution in [0.4, 0.5) is 11.4 Å². The number of anilines is 2. The SMILES string of the molecule is Cc1ccc(C)c(NC(=S)Nc2c(C)nn(Cc3ccc(Cl)cc3Cl)c2C)c1. The summed E-state index contributed by atoms with van der Waals surface area (Å²) < 4.78 is 1.91. The molecule has 146 valence electrons. The molecular formula is C21H22Cl2N4S. The Morgan fingerprint density at radius 1 is 1.04 bits per heavy atom. The number of aryl methyl sites for hydroxylation is 3. The highest BCUT2D eigenvalue weighted by atomic mass is 35.5. The number of halogens is 2. The van der Waals surface area contributed by atoms with Gasteiger partial charge in [-0.1, -0.05) is 41.4 Å².